The summed E-state index contributed by atoms with van der Waals surface area (Å²) in [5.41, 5.74) is 1.56. The minimum Gasteiger partial charge on any atom is -0.462 e. The SMILES string of the molecule is CCOC(=O)c1c(S(=O)(=O)Nc2cccc(SC)c2)c(C)n(C)c1C. The van der Waals surface area contributed by atoms with Crippen molar-refractivity contribution in [1.29, 1.82) is 0 Å². The van der Waals surface area contributed by atoms with E-state index in [0.717, 1.165) is 4.90 Å². The minimum absolute atomic E-state index is 0.0412. The number of hydrogen-bond donors (Lipinski definition) is 1. The first kappa shape index (κ1) is 19.4. The van der Waals surface area contributed by atoms with Gasteiger partial charge in [-0.05, 0) is 45.2 Å². The van der Waals surface area contributed by atoms with E-state index in [1.807, 2.05) is 12.3 Å². The highest BCUT2D eigenvalue weighted by Gasteiger charge is 2.31. The Morgan fingerprint density at radius 1 is 1.28 bits per heavy atom. The average Bonchev–Trinajstić information content (AvgIpc) is 2.79. The van der Waals surface area contributed by atoms with Crippen molar-refractivity contribution in [2.75, 3.05) is 17.6 Å². The number of nitrogens with one attached hydrogen (secondary N) is 1. The summed E-state index contributed by atoms with van der Waals surface area (Å²) in [4.78, 5) is 13.2. The molecule has 0 saturated carbocycles. The largest absolute Gasteiger partial charge is 0.462 e. The summed E-state index contributed by atoms with van der Waals surface area (Å²) in [7, 11) is -2.22. The van der Waals surface area contributed by atoms with Gasteiger partial charge in [0.2, 0.25) is 0 Å². The molecule has 25 heavy (non-hydrogen) atoms. The van der Waals surface area contributed by atoms with Crippen molar-refractivity contribution in [3.8, 4) is 0 Å². The van der Waals surface area contributed by atoms with Crippen LogP contribution < -0.4 is 4.72 Å². The molecule has 0 atom stereocenters. The van der Waals surface area contributed by atoms with Crippen LogP contribution in [0.2, 0.25) is 0 Å². The maximum absolute atomic E-state index is 13.0. The zero-order chi connectivity index (χ0) is 18.8. The number of benzene rings is 1. The quantitative estimate of drug-likeness (QED) is 0.612. The number of sulfonamides is 1. The number of anilines is 1. The van der Waals surface area contributed by atoms with Crippen molar-refractivity contribution in [3.63, 3.8) is 0 Å². The molecule has 0 radical (unpaired) electrons. The zero-order valence-corrected chi connectivity index (χ0v) is 16.5. The number of carbonyl (C=O) groups is 1. The Balaban J connectivity index is 2.55. The number of thioether (sulfide) groups is 1. The van der Waals surface area contributed by atoms with Gasteiger partial charge < -0.3 is 9.30 Å². The molecule has 2 aromatic rings. The highest BCUT2D eigenvalue weighted by atomic mass is 32.2. The molecule has 1 aromatic heterocycles. The Kier molecular flexibility index (Phi) is 5.84. The predicted octanol–water partition coefficient (Wildman–Crippen LogP) is 3.34. The van der Waals surface area contributed by atoms with Crippen molar-refractivity contribution in [3.05, 3.63) is 41.2 Å². The molecule has 0 aliphatic carbocycles. The third-order valence-electron chi connectivity index (χ3n) is 3.99. The summed E-state index contributed by atoms with van der Waals surface area (Å²) >= 11 is 1.52. The number of nitrogens with zero attached hydrogens (tertiary/aromatic N) is 1. The van der Waals surface area contributed by atoms with Gasteiger partial charge in [-0.2, -0.15) is 0 Å². The molecular formula is C17H22N2O4S2. The molecule has 0 spiro atoms. The van der Waals surface area contributed by atoms with Crippen LogP contribution in [0.15, 0.2) is 34.1 Å². The first-order valence-electron chi connectivity index (χ1n) is 7.72. The third kappa shape index (κ3) is 3.85. The molecule has 0 amide bonds. The van der Waals surface area contributed by atoms with Gasteiger partial charge >= 0.3 is 5.97 Å². The molecule has 0 bridgehead atoms. The Hall–Kier alpha value is -1.93. The monoisotopic (exact) mass is 382 g/mol. The van der Waals surface area contributed by atoms with E-state index in [9.17, 15) is 13.2 Å². The van der Waals surface area contributed by atoms with Crippen LogP contribution >= 0.6 is 11.8 Å². The van der Waals surface area contributed by atoms with Crippen LogP contribution in [-0.2, 0) is 21.8 Å². The molecule has 136 valence electrons. The summed E-state index contributed by atoms with van der Waals surface area (Å²) in [6, 6.07) is 7.09. The third-order valence-corrected chi connectivity index (χ3v) is 6.26. The molecule has 1 heterocycles. The van der Waals surface area contributed by atoms with E-state index in [1.165, 1.54) is 11.8 Å². The van der Waals surface area contributed by atoms with Crippen molar-refractivity contribution in [2.24, 2.45) is 7.05 Å². The molecule has 0 unspecified atom stereocenters. The first-order valence-corrected chi connectivity index (χ1v) is 10.4. The lowest BCUT2D eigenvalue weighted by atomic mass is 10.2. The van der Waals surface area contributed by atoms with E-state index in [4.69, 9.17) is 4.74 Å². The van der Waals surface area contributed by atoms with Gasteiger partial charge in [0.1, 0.15) is 10.5 Å². The Morgan fingerprint density at radius 3 is 2.56 bits per heavy atom. The normalized spacial score (nSPS) is 11.4. The number of carbonyl (C=O) groups excluding carboxylic acids is 1. The van der Waals surface area contributed by atoms with E-state index >= 15 is 0 Å². The topological polar surface area (TPSA) is 77.4 Å². The van der Waals surface area contributed by atoms with Crippen LogP contribution in [0, 0.1) is 13.8 Å². The van der Waals surface area contributed by atoms with Crippen LogP contribution in [0.1, 0.15) is 28.7 Å². The summed E-state index contributed by atoms with van der Waals surface area (Å²) in [5.74, 6) is -0.637. The van der Waals surface area contributed by atoms with Crippen LogP contribution in [0.5, 0.6) is 0 Å². The second-order valence-corrected chi connectivity index (χ2v) is 7.99. The maximum Gasteiger partial charge on any atom is 0.341 e. The molecule has 0 aliphatic heterocycles. The summed E-state index contributed by atoms with van der Waals surface area (Å²) in [6.07, 6.45) is 1.91. The molecule has 8 heteroatoms. The van der Waals surface area contributed by atoms with Gasteiger partial charge in [0.25, 0.3) is 10.0 Å². The van der Waals surface area contributed by atoms with E-state index < -0.39 is 16.0 Å². The Morgan fingerprint density at radius 2 is 1.96 bits per heavy atom. The smallest absolute Gasteiger partial charge is 0.341 e. The van der Waals surface area contributed by atoms with Crippen LogP contribution in [0.3, 0.4) is 0 Å². The van der Waals surface area contributed by atoms with Gasteiger partial charge in [-0.25, -0.2) is 13.2 Å². The van der Waals surface area contributed by atoms with E-state index in [2.05, 4.69) is 4.72 Å². The highest BCUT2D eigenvalue weighted by molar-refractivity contribution is 7.98. The van der Waals surface area contributed by atoms with Crippen LogP contribution in [0.25, 0.3) is 0 Å². The molecule has 1 N–H and O–H groups in total. The van der Waals surface area contributed by atoms with E-state index in [-0.39, 0.29) is 17.1 Å². The van der Waals surface area contributed by atoms with Gasteiger partial charge in [-0.1, -0.05) is 6.07 Å². The second kappa shape index (κ2) is 7.53. The van der Waals surface area contributed by atoms with E-state index in [1.54, 1.807) is 50.6 Å². The van der Waals surface area contributed by atoms with Gasteiger partial charge in [0, 0.05) is 29.0 Å². The fourth-order valence-corrected chi connectivity index (χ4v) is 4.61. The predicted molar refractivity (Wildman–Crippen MR) is 99.9 cm³/mol. The molecular weight excluding hydrogens is 360 g/mol. The van der Waals surface area contributed by atoms with Crippen molar-refractivity contribution >= 4 is 33.4 Å². The van der Waals surface area contributed by atoms with Crippen molar-refractivity contribution in [1.82, 2.24) is 4.57 Å². The Bertz CT molecular complexity index is 902. The minimum atomic E-state index is -3.95. The van der Waals surface area contributed by atoms with Crippen molar-refractivity contribution in [2.45, 2.75) is 30.6 Å². The van der Waals surface area contributed by atoms with Crippen LogP contribution in [0.4, 0.5) is 5.69 Å². The molecule has 1 aromatic carbocycles. The summed E-state index contributed by atoms with van der Waals surface area (Å²) < 4.78 is 35.3. The standard InChI is InChI=1S/C17H22N2O4S2/c1-6-23-17(20)15-11(2)19(4)12(3)16(15)25(21,22)18-13-8-7-9-14(10-13)24-5/h7-10,18H,6H2,1-5H3. The van der Waals surface area contributed by atoms with E-state index in [0.29, 0.717) is 17.1 Å². The van der Waals surface area contributed by atoms with Gasteiger partial charge in [-0.3, -0.25) is 4.72 Å². The summed E-state index contributed by atoms with van der Waals surface area (Å²) in [6.45, 7) is 5.23. The molecule has 2 rings (SSSR count). The zero-order valence-electron chi connectivity index (χ0n) is 14.9. The number of rotatable bonds is 6. The summed E-state index contributed by atoms with van der Waals surface area (Å²) in [5, 5.41) is 0. The Labute approximate surface area is 152 Å². The lowest BCUT2D eigenvalue weighted by molar-refractivity contribution is 0.0521. The van der Waals surface area contributed by atoms with Crippen molar-refractivity contribution < 1.29 is 17.9 Å². The average molecular weight is 383 g/mol. The molecule has 0 aliphatic rings. The number of ether oxygens (including phenoxy) is 1. The fraction of sp³-hybridized carbons (Fsp3) is 0.353. The second-order valence-electron chi connectivity index (χ2n) is 5.49. The van der Waals surface area contributed by atoms with Crippen LogP contribution in [-0.4, -0.2) is 31.8 Å². The molecule has 0 fully saturated rings. The molecule has 0 saturated heterocycles. The first-order chi connectivity index (χ1) is 11.7. The molecule has 6 nitrogen and oxygen atoms in total. The van der Waals surface area contributed by atoms with Gasteiger partial charge in [0.05, 0.1) is 6.61 Å². The number of hydrogen-bond acceptors (Lipinski definition) is 5. The number of esters is 1. The van der Waals surface area contributed by atoms with Gasteiger partial charge in [-0.15, -0.1) is 11.8 Å². The lowest BCUT2D eigenvalue weighted by Crippen LogP contribution is -2.18. The highest BCUT2D eigenvalue weighted by Crippen LogP contribution is 2.29. The fourth-order valence-electron chi connectivity index (χ4n) is 2.58. The van der Waals surface area contributed by atoms with Gasteiger partial charge in [0.15, 0.2) is 0 Å². The number of aromatic nitrogens is 1. The maximum atomic E-state index is 13.0. The lowest BCUT2D eigenvalue weighted by Gasteiger charge is -2.11.